The fraction of sp³-hybridized carbons (Fsp3) is 0.118. The molecule has 1 aliphatic heterocycles. The zero-order chi connectivity index (χ0) is 17.5. The van der Waals surface area contributed by atoms with Gasteiger partial charge in [-0.05, 0) is 42.8 Å². The third-order valence-electron chi connectivity index (χ3n) is 3.76. The van der Waals surface area contributed by atoms with E-state index in [9.17, 15) is 13.2 Å². The van der Waals surface area contributed by atoms with Crippen LogP contribution in [0.2, 0.25) is 0 Å². The number of ether oxygens (including phenoxy) is 1. The summed E-state index contributed by atoms with van der Waals surface area (Å²) in [6, 6.07) is 12.2. The lowest BCUT2D eigenvalue weighted by Gasteiger charge is -2.28. The fourth-order valence-electron chi connectivity index (χ4n) is 2.51. The van der Waals surface area contributed by atoms with E-state index in [0.29, 0.717) is 5.69 Å². The van der Waals surface area contributed by atoms with Crippen molar-refractivity contribution in [1.29, 1.82) is 0 Å². The van der Waals surface area contributed by atoms with E-state index in [-0.39, 0.29) is 9.80 Å². The first kappa shape index (κ1) is 16.7. The van der Waals surface area contributed by atoms with E-state index >= 15 is 0 Å². The number of methoxy groups -OCH3 is 1. The first-order chi connectivity index (χ1) is 11.4. The Balaban J connectivity index is 2.27. The number of anilines is 2. The predicted molar refractivity (Wildman–Crippen MR) is 94.7 cm³/mol. The highest BCUT2D eigenvalue weighted by atomic mass is 79.9. The van der Waals surface area contributed by atoms with Crippen molar-refractivity contribution in [3.8, 4) is 0 Å². The van der Waals surface area contributed by atoms with Gasteiger partial charge in [-0.3, -0.25) is 0 Å². The molecule has 0 saturated heterocycles. The van der Waals surface area contributed by atoms with Crippen molar-refractivity contribution in [2.75, 3.05) is 12.0 Å². The number of halogens is 1. The van der Waals surface area contributed by atoms with Gasteiger partial charge in [0, 0.05) is 16.4 Å². The van der Waals surface area contributed by atoms with Crippen molar-refractivity contribution in [3.63, 3.8) is 0 Å². The lowest BCUT2D eigenvalue weighted by atomic mass is 10.2. The minimum absolute atomic E-state index is 0.0773. The summed E-state index contributed by atoms with van der Waals surface area (Å²) in [5.74, 6) is -0.886. The molecule has 1 heterocycles. The second-order valence-electron chi connectivity index (χ2n) is 5.26. The molecule has 0 spiro atoms. The standard InChI is InChI=1S/C17H14BrNO4S/c1-11-9-12(7-8-13(11)18)19-10-16(17(20)23-2)24(21,22)15-6-4-3-5-14(15)19/h3-10H,1-2H3. The summed E-state index contributed by atoms with van der Waals surface area (Å²) in [4.78, 5) is 13.4. The number of benzene rings is 2. The topological polar surface area (TPSA) is 63.7 Å². The van der Waals surface area contributed by atoms with Crippen LogP contribution < -0.4 is 4.90 Å². The predicted octanol–water partition coefficient (Wildman–Crippen LogP) is 3.70. The first-order valence-electron chi connectivity index (χ1n) is 7.06. The van der Waals surface area contributed by atoms with E-state index in [4.69, 9.17) is 0 Å². The van der Waals surface area contributed by atoms with Crippen LogP contribution in [0, 0.1) is 6.92 Å². The smallest absolute Gasteiger partial charge is 0.351 e. The molecule has 0 N–H and O–H groups in total. The molecule has 0 bridgehead atoms. The van der Waals surface area contributed by atoms with Crippen LogP contribution in [0.1, 0.15) is 5.56 Å². The third-order valence-corrected chi connectivity index (χ3v) is 6.42. The van der Waals surface area contributed by atoms with Gasteiger partial charge in [-0.2, -0.15) is 0 Å². The van der Waals surface area contributed by atoms with Gasteiger partial charge in [0.25, 0.3) is 0 Å². The van der Waals surface area contributed by atoms with Crippen molar-refractivity contribution in [1.82, 2.24) is 0 Å². The highest BCUT2D eigenvalue weighted by Crippen LogP contribution is 2.40. The number of carbonyl (C=O) groups is 1. The molecule has 0 radical (unpaired) electrons. The van der Waals surface area contributed by atoms with E-state index in [1.807, 2.05) is 25.1 Å². The Kier molecular flexibility index (Phi) is 4.23. The molecule has 0 saturated carbocycles. The molecule has 2 aromatic carbocycles. The summed E-state index contributed by atoms with van der Waals surface area (Å²) >= 11 is 3.45. The van der Waals surface area contributed by atoms with Crippen LogP contribution in [0.5, 0.6) is 0 Å². The van der Waals surface area contributed by atoms with Gasteiger partial charge in [0.05, 0.1) is 17.7 Å². The average Bonchev–Trinajstić information content (AvgIpc) is 2.57. The van der Waals surface area contributed by atoms with Crippen molar-refractivity contribution in [2.45, 2.75) is 11.8 Å². The lowest BCUT2D eigenvalue weighted by Crippen LogP contribution is -2.26. The van der Waals surface area contributed by atoms with Crippen molar-refractivity contribution in [2.24, 2.45) is 0 Å². The number of fused-ring (bicyclic) bond motifs is 1. The maximum Gasteiger partial charge on any atom is 0.351 e. The molecule has 2 aromatic rings. The van der Waals surface area contributed by atoms with Gasteiger partial charge in [0.1, 0.15) is 0 Å². The van der Waals surface area contributed by atoms with Gasteiger partial charge < -0.3 is 9.64 Å². The molecule has 0 unspecified atom stereocenters. The molecule has 124 valence electrons. The van der Waals surface area contributed by atoms with E-state index < -0.39 is 15.8 Å². The third kappa shape index (κ3) is 2.63. The van der Waals surface area contributed by atoms with Crippen LogP contribution in [0.3, 0.4) is 0 Å². The number of aryl methyl sites for hydroxylation is 1. The zero-order valence-electron chi connectivity index (χ0n) is 13.0. The summed E-state index contributed by atoms with van der Waals surface area (Å²) in [5, 5.41) is 0. The molecular weight excluding hydrogens is 394 g/mol. The van der Waals surface area contributed by atoms with Crippen LogP contribution in [0.4, 0.5) is 11.4 Å². The molecular formula is C17H14BrNO4S. The summed E-state index contributed by atoms with van der Waals surface area (Å²) in [6.07, 6.45) is 1.31. The van der Waals surface area contributed by atoms with Crippen LogP contribution in [0.15, 0.2) is 62.9 Å². The monoisotopic (exact) mass is 407 g/mol. The van der Waals surface area contributed by atoms with E-state index in [2.05, 4.69) is 20.7 Å². The van der Waals surface area contributed by atoms with Gasteiger partial charge in [-0.25, -0.2) is 13.2 Å². The molecule has 7 heteroatoms. The summed E-state index contributed by atoms with van der Waals surface area (Å²) in [5.41, 5.74) is 2.23. The molecule has 0 atom stereocenters. The Morgan fingerprint density at radius 2 is 1.88 bits per heavy atom. The molecule has 0 aliphatic carbocycles. The maximum absolute atomic E-state index is 12.7. The van der Waals surface area contributed by atoms with Gasteiger partial charge in [-0.1, -0.05) is 28.1 Å². The minimum Gasteiger partial charge on any atom is -0.465 e. The SMILES string of the molecule is COC(=O)C1=CN(c2ccc(Br)c(C)c2)c2ccccc2S1(=O)=O. The zero-order valence-corrected chi connectivity index (χ0v) is 15.4. The number of rotatable bonds is 2. The average molecular weight is 408 g/mol. The van der Waals surface area contributed by atoms with Crippen molar-refractivity contribution in [3.05, 3.63) is 63.6 Å². The normalized spacial score (nSPS) is 15.5. The minimum atomic E-state index is -3.92. The molecule has 3 rings (SSSR count). The number of para-hydroxylation sites is 1. The molecule has 0 fully saturated rings. The number of hydrogen-bond acceptors (Lipinski definition) is 5. The number of carbonyl (C=O) groups excluding carboxylic acids is 1. The highest BCUT2D eigenvalue weighted by Gasteiger charge is 2.36. The molecule has 0 aromatic heterocycles. The van der Waals surface area contributed by atoms with Gasteiger partial charge in [0.15, 0.2) is 4.91 Å². The van der Waals surface area contributed by atoms with Crippen LogP contribution in [0.25, 0.3) is 0 Å². The Morgan fingerprint density at radius 3 is 2.54 bits per heavy atom. The Labute approximate surface area is 148 Å². The maximum atomic E-state index is 12.7. The van der Waals surface area contributed by atoms with Gasteiger partial charge >= 0.3 is 5.97 Å². The Bertz CT molecular complexity index is 966. The number of sulfone groups is 1. The molecule has 24 heavy (non-hydrogen) atoms. The largest absolute Gasteiger partial charge is 0.465 e. The number of esters is 1. The fourth-order valence-corrected chi connectivity index (χ4v) is 4.24. The number of hydrogen-bond donors (Lipinski definition) is 0. The van der Waals surface area contributed by atoms with E-state index in [0.717, 1.165) is 22.8 Å². The summed E-state index contributed by atoms with van der Waals surface area (Å²) < 4.78 is 31.0. The Morgan fingerprint density at radius 1 is 1.17 bits per heavy atom. The lowest BCUT2D eigenvalue weighted by molar-refractivity contribution is -0.135. The van der Waals surface area contributed by atoms with Crippen LogP contribution in [-0.2, 0) is 19.4 Å². The molecule has 0 amide bonds. The summed E-state index contributed by atoms with van der Waals surface area (Å²) in [7, 11) is -2.76. The van der Waals surface area contributed by atoms with Crippen LogP contribution in [-0.4, -0.2) is 21.5 Å². The molecule has 1 aliphatic rings. The first-order valence-corrected chi connectivity index (χ1v) is 9.33. The van der Waals surface area contributed by atoms with Crippen LogP contribution >= 0.6 is 15.9 Å². The quantitative estimate of drug-likeness (QED) is 0.710. The Hall–Kier alpha value is -2.12. The molecule has 5 nitrogen and oxygen atoms in total. The van der Waals surface area contributed by atoms with Gasteiger partial charge in [-0.15, -0.1) is 0 Å². The van der Waals surface area contributed by atoms with E-state index in [1.54, 1.807) is 23.1 Å². The van der Waals surface area contributed by atoms with Crippen molar-refractivity contribution < 1.29 is 17.9 Å². The van der Waals surface area contributed by atoms with Gasteiger partial charge in [0.2, 0.25) is 9.84 Å². The summed E-state index contributed by atoms with van der Waals surface area (Å²) in [6.45, 7) is 1.94. The second-order valence-corrected chi connectivity index (χ2v) is 8.00. The van der Waals surface area contributed by atoms with Crippen molar-refractivity contribution >= 4 is 43.1 Å². The second kappa shape index (κ2) is 6.07. The van der Waals surface area contributed by atoms with E-state index in [1.165, 1.54) is 12.3 Å². The highest BCUT2D eigenvalue weighted by molar-refractivity contribution is 9.10. The number of nitrogens with zero attached hydrogens (tertiary/aromatic N) is 1.